The summed E-state index contributed by atoms with van der Waals surface area (Å²) in [4.78, 5) is 26.8. The third kappa shape index (κ3) is 3.69. The molecular weight excluding hydrogens is 436 g/mol. The van der Waals surface area contributed by atoms with Crippen molar-refractivity contribution in [3.8, 4) is 34.1 Å². The number of hydrogen-bond donors (Lipinski definition) is 2. The number of benzene rings is 3. The van der Waals surface area contributed by atoms with Gasteiger partial charge in [-0.1, -0.05) is 0 Å². The Balaban J connectivity index is 2.26. The zero-order valence-electron chi connectivity index (χ0n) is 19.2. The van der Waals surface area contributed by atoms with Crippen LogP contribution in [0.3, 0.4) is 0 Å². The normalized spacial score (nSPS) is 10.8. The summed E-state index contributed by atoms with van der Waals surface area (Å²) in [7, 11) is 4.33. The summed E-state index contributed by atoms with van der Waals surface area (Å²) in [5.74, 6) is 0.298. The molecule has 0 aliphatic carbocycles. The summed E-state index contributed by atoms with van der Waals surface area (Å²) >= 11 is 0. The van der Waals surface area contributed by atoms with Crippen molar-refractivity contribution in [3.63, 3.8) is 0 Å². The van der Waals surface area contributed by atoms with Crippen LogP contribution in [0.15, 0.2) is 59.4 Å². The van der Waals surface area contributed by atoms with Gasteiger partial charge >= 0.3 is 5.97 Å². The van der Waals surface area contributed by atoms with Crippen molar-refractivity contribution in [2.75, 3.05) is 27.1 Å². The molecule has 0 bridgehead atoms. The zero-order valence-corrected chi connectivity index (χ0v) is 19.2. The van der Waals surface area contributed by atoms with Gasteiger partial charge in [-0.25, -0.2) is 4.79 Å². The fourth-order valence-corrected chi connectivity index (χ4v) is 4.07. The van der Waals surface area contributed by atoms with Gasteiger partial charge in [-0.3, -0.25) is 9.36 Å². The Labute approximate surface area is 195 Å². The summed E-state index contributed by atoms with van der Waals surface area (Å²) in [6, 6.07) is 14.5. The molecule has 0 spiro atoms. The number of pyridine rings is 1. The highest BCUT2D eigenvalue weighted by Gasteiger charge is 2.26. The summed E-state index contributed by atoms with van der Waals surface area (Å²) < 4.78 is 17.5. The molecule has 0 fully saturated rings. The predicted octanol–water partition coefficient (Wildman–Crippen LogP) is 4.06. The van der Waals surface area contributed by atoms with Gasteiger partial charge in [-0.15, -0.1) is 0 Å². The molecule has 8 heteroatoms. The van der Waals surface area contributed by atoms with Gasteiger partial charge in [-0.2, -0.15) is 0 Å². The van der Waals surface area contributed by atoms with Crippen molar-refractivity contribution in [1.82, 2.24) is 4.57 Å². The second kappa shape index (κ2) is 8.82. The lowest BCUT2D eigenvalue weighted by Crippen LogP contribution is -2.26. The molecule has 1 aromatic heterocycles. The number of nitrogens with two attached hydrogens (primary N) is 1. The largest absolute Gasteiger partial charge is 0.508 e. The van der Waals surface area contributed by atoms with Crippen LogP contribution in [0, 0.1) is 6.92 Å². The minimum absolute atomic E-state index is 0.0171. The number of anilines is 1. The number of hydrogen-bond acceptors (Lipinski definition) is 7. The van der Waals surface area contributed by atoms with E-state index in [0.717, 1.165) is 5.56 Å². The average molecular weight is 460 g/mol. The van der Waals surface area contributed by atoms with Gasteiger partial charge in [0.1, 0.15) is 22.9 Å². The first-order valence-corrected chi connectivity index (χ1v) is 10.4. The van der Waals surface area contributed by atoms with Gasteiger partial charge < -0.3 is 25.1 Å². The topological polar surface area (TPSA) is 113 Å². The molecule has 34 heavy (non-hydrogen) atoms. The molecule has 0 saturated carbocycles. The number of nitrogens with zero attached hydrogens (tertiary/aromatic N) is 1. The average Bonchev–Trinajstić information content (AvgIpc) is 2.84. The Morgan fingerprint density at radius 1 is 0.912 bits per heavy atom. The minimum atomic E-state index is -0.711. The van der Waals surface area contributed by atoms with Crippen molar-refractivity contribution < 1.29 is 24.1 Å². The van der Waals surface area contributed by atoms with Crippen LogP contribution in [0.2, 0.25) is 0 Å². The number of fused-ring (bicyclic) bond motifs is 1. The molecule has 0 aliphatic heterocycles. The molecule has 174 valence electrons. The van der Waals surface area contributed by atoms with E-state index in [4.69, 9.17) is 19.9 Å². The van der Waals surface area contributed by atoms with Crippen molar-refractivity contribution in [2.45, 2.75) is 6.92 Å². The number of rotatable bonds is 5. The van der Waals surface area contributed by atoms with Crippen molar-refractivity contribution in [2.24, 2.45) is 0 Å². The summed E-state index contributed by atoms with van der Waals surface area (Å²) in [5.41, 5.74) is 8.05. The Morgan fingerprint density at radius 2 is 1.53 bits per heavy atom. The molecule has 3 aromatic carbocycles. The molecule has 0 radical (unpaired) electrons. The molecule has 0 unspecified atom stereocenters. The molecule has 0 aliphatic rings. The molecule has 8 nitrogen and oxygen atoms in total. The maximum Gasteiger partial charge on any atom is 0.355 e. The van der Waals surface area contributed by atoms with E-state index in [1.54, 1.807) is 42.5 Å². The number of nitrogen functional groups attached to an aromatic ring is 1. The van der Waals surface area contributed by atoms with Crippen LogP contribution in [0.1, 0.15) is 16.1 Å². The number of methoxy groups -OCH3 is 3. The number of aromatic nitrogens is 1. The third-order valence-electron chi connectivity index (χ3n) is 5.74. The number of ether oxygens (including phenoxy) is 3. The van der Waals surface area contributed by atoms with E-state index in [1.807, 2.05) is 6.92 Å². The molecule has 4 aromatic rings. The Bertz CT molecular complexity index is 1450. The van der Waals surface area contributed by atoms with Crippen LogP contribution in [0.5, 0.6) is 17.2 Å². The molecular formula is C26H24N2O6. The highest BCUT2D eigenvalue weighted by atomic mass is 16.5. The second-order valence-corrected chi connectivity index (χ2v) is 7.68. The molecule has 0 atom stereocenters. The van der Waals surface area contributed by atoms with Crippen LogP contribution in [0.4, 0.5) is 5.69 Å². The van der Waals surface area contributed by atoms with E-state index in [0.29, 0.717) is 39.4 Å². The fourth-order valence-electron chi connectivity index (χ4n) is 4.07. The first-order valence-electron chi connectivity index (χ1n) is 10.4. The van der Waals surface area contributed by atoms with E-state index in [2.05, 4.69) is 0 Å². The van der Waals surface area contributed by atoms with Crippen molar-refractivity contribution in [3.05, 3.63) is 76.2 Å². The van der Waals surface area contributed by atoms with Gasteiger partial charge in [0, 0.05) is 22.5 Å². The maximum absolute atomic E-state index is 13.7. The van der Waals surface area contributed by atoms with E-state index >= 15 is 0 Å². The second-order valence-electron chi connectivity index (χ2n) is 7.68. The SMILES string of the molecule is COC(=O)c1c(-c2cc(OC)c(C)c(OC)c2)c2ccc(O)cc2c(=O)n1-c1ccc(N)cc1. The van der Waals surface area contributed by atoms with E-state index < -0.39 is 11.5 Å². The number of carbonyl (C=O) groups is 1. The van der Waals surface area contributed by atoms with E-state index in [-0.39, 0.29) is 16.8 Å². The third-order valence-corrected chi connectivity index (χ3v) is 5.74. The van der Waals surface area contributed by atoms with E-state index in [1.165, 1.54) is 38.0 Å². The monoisotopic (exact) mass is 460 g/mol. The standard InChI is InChI=1S/C26H24N2O6/c1-14-21(32-2)11-15(12-22(14)33-3)23-19-10-9-18(29)13-20(19)25(30)28(24(23)26(31)34-4)17-7-5-16(27)6-8-17/h5-13,29H,27H2,1-4H3. The number of aromatic hydroxyl groups is 1. The van der Waals surface area contributed by atoms with Gasteiger partial charge in [-0.05, 0) is 72.5 Å². The molecule has 3 N–H and O–H groups in total. The van der Waals surface area contributed by atoms with Gasteiger partial charge in [0.05, 0.1) is 26.7 Å². The van der Waals surface area contributed by atoms with Crippen LogP contribution >= 0.6 is 0 Å². The quantitative estimate of drug-likeness (QED) is 0.341. The van der Waals surface area contributed by atoms with Crippen molar-refractivity contribution >= 4 is 22.4 Å². The number of phenols is 1. The summed E-state index contributed by atoms with van der Waals surface area (Å²) in [6.07, 6.45) is 0. The first-order chi connectivity index (χ1) is 16.3. The smallest absolute Gasteiger partial charge is 0.355 e. The predicted molar refractivity (Wildman–Crippen MR) is 130 cm³/mol. The zero-order chi connectivity index (χ0) is 24.6. The van der Waals surface area contributed by atoms with Gasteiger partial charge in [0.2, 0.25) is 0 Å². The molecule has 0 saturated heterocycles. The summed E-state index contributed by atoms with van der Waals surface area (Å²) in [5, 5.41) is 10.8. The Kier molecular flexibility index (Phi) is 5.89. The van der Waals surface area contributed by atoms with Gasteiger partial charge in [0.15, 0.2) is 0 Å². The number of phenolic OH excluding ortho intramolecular Hbond substituents is 1. The van der Waals surface area contributed by atoms with E-state index in [9.17, 15) is 14.7 Å². The van der Waals surface area contributed by atoms with Crippen LogP contribution in [0.25, 0.3) is 27.6 Å². The minimum Gasteiger partial charge on any atom is -0.508 e. The fraction of sp³-hybridized carbons (Fsp3) is 0.154. The molecule has 0 amide bonds. The van der Waals surface area contributed by atoms with Crippen LogP contribution < -0.4 is 20.8 Å². The lowest BCUT2D eigenvalue weighted by atomic mass is 9.94. The van der Waals surface area contributed by atoms with Crippen LogP contribution in [-0.4, -0.2) is 37.0 Å². The number of esters is 1. The highest BCUT2D eigenvalue weighted by Crippen LogP contribution is 2.39. The lowest BCUT2D eigenvalue weighted by Gasteiger charge is -2.20. The van der Waals surface area contributed by atoms with Crippen molar-refractivity contribution in [1.29, 1.82) is 0 Å². The maximum atomic E-state index is 13.7. The highest BCUT2D eigenvalue weighted by molar-refractivity contribution is 6.07. The number of carbonyl (C=O) groups excluding carboxylic acids is 1. The van der Waals surface area contributed by atoms with Crippen LogP contribution in [-0.2, 0) is 4.74 Å². The Hall–Kier alpha value is -4.46. The molecule has 1 heterocycles. The molecule has 4 rings (SSSR count). The lowest BCUT2D eigenvalue weighted by molar-refractivity contribution is 0.0591. The van der Waals surface area contributed by atoms with Gasteiger partial charge in [0.25, 0.3) is 5.56 Å². The first kappa shape index (κ1) is 22.7. The Morgan fingerprint density at radius 3 is 2.09 bits per heavy atom. The summed E-state index contributed by atoms with van der Waals surface area (Å²) in [6.45, 7) is 1.86.